The Hall–Kier alpha value is -4.60. The minimum Gasteiger partial charge on any atom is -0.486 e. The van der Waals surface area contributed by atoms with Crippen LogP contribution in [0.2, 0.25) is 0 Å². The first-order valence-electron chi connectivity index (χ1n) is 14.5. The summed E-state index contributed by atoms with van der Waals surface area (Å²) < 4.78 is 6.63. The fraction of sp³-hybridized carbons (Fsp3) is 0.294. The van der Waals surface area contributed by atoms with E-state index in [1.54, 1.807) is 23.1 Å². The molecule has 0 radical (unpaired) electrons. The van der Waals surface area contributed by atoms with Gasteiger partial charge in [-0.2, -0.15) is 0 Å². The fourth-order valence-corrected chi connectivity index (χ4v) is 5.28. The highest BCUT2D eigenvalue weighted by Gasteiger charge is 2.34. The maximum Gasteiger partial charge on any atom is 0.275 e. The summed E-state index contributed by atoms with van der Waals surface area (Å²) in [6.45, 7) is 5.40. The molecule has 9 nitrogen and oxygen atoms in total. The average molecular weight is 580 g/mol. The van der Waals surface area contributed by atoms with Crippen LogP contribution in [0, 0.1) is 5.92 Å². The first kappa shape index (κ1) is 29.9. The Morgan fingerprint density at radius 3 is 2.51 bits per heavy atom. The Morgan fingerprint density at radius 2 is 1.81 bits per heavy atom. The first-order chi connectivity index (χ1) is 20.8. The summed E-state index contributed by atoms with van der Waals surface area (Å²) in [5.41, 5.74) is 4.36. The quantitative estimate of drug-likeness (QED) is 0.295. The molecule has 0 unspecified atom stereocenters. The molecule has 4 aromatic rings. The molecule has 1 aromatic heterocycles. The Bertz CT molecular complexity index is 1530. The number of ether oxygens (including phenoxy) is 1. The molecular weight excluding hydrogens is 542 g/mol. The van der Waals surface area contributed by atoms with Crippen LogP contribution >= 0.6 is 0 Å². The number of aliphatic hydroxyl groups excluding tert-OH is 1. The Labute approximate surface area is 252 Å². The highest BCUT2D eigenvalue weighted by molar-refractivity contribution is 6.06. The van der Waals surface area contributed by atoms with Crippen LogP contribution in [0.25, 0.3) is 11.1 Å². The number of hydrogen-bond acceptors (Lipinski definition) is 7. The molecule has 0 saturated carbocycles. The summed E-state index contributed by atoms with van der Waals surface area (Å²) in [4.78, 5) is 38.7. The summed E-state index contributed by atoms with van der Waals surface area (Å²) in [5.74, 6) is -0.486. The molecule has 2 amide bonds. The molecule has 1 aliphatic rings. The third-order valence-corrected chi connectivity index (χ3v) is 7.74. The van der Waals surface area contributed by atoms with E-state index in [0.29, 0.717) is 36.6 Å². The zero-order valence-corrected chi connectivity index (χ0v) is 24.7. The molecule has 2 heterocycles. The van der Waals surface area contributed by atoms with Crippen LogP contribution in [0.3, 0.4) is 0 Å². The van der Waals surface area contributed by atoms with Gasteiger partial charge in [0.15, 0.2) is 5.75 Å². The molecule has 0 saturated heterocycles. The Kier molecular flexibility index (Phi) is 9.44. The van der Waals surface area contributed by atoms with Crippen molar-refractivity contribution in [3.63, 3.8) is 0 Å². The number of carbonyl (C=O) groups excluding carboxylic acids is 2. The van der Waals surface area contributed by atoms with Crippen LogP contribution in [0.5, 0.6) is 5.75 Å². The van der Waals surface area contributed by atoms with Gasteiger partial charge in [0.2, 0.25) is 0 Å². The third kappa shape index (κ3) is 7.07. The van der Waals surface area contributed by atoms with Gasteiger partial charge < -0.3 is 20.1 Å². The smallest absolute Gasteiger partial charge is 0.275 e. The number of benzene rings is 3. The van der Waals surface area contributed by atoms with E-state index in [-0.39, 0.29) is 36.3 Å². The van der Waals surface area contributed by atoms with Gasteiger partial charge in [0.25, 0.3) is 11.8 Å². The maximum atomic E-state index is 13.7. The molecule has 3 atom stereocenters. The number of para-hydroxylation sites is 1. The second-order valence-electron chi connectivity index (χ2n) is 11.1. The monoisotopic (exact) mass is 579 g/mol. The van der Waals surface area contributed by atoms with E-state index < -0.39 is 5.91 Å². The minimum atomic E-state index is -0.458. The molecule has 43 heavy (non-hydrogen) atoms. The SMILES string of the molecule is C[C@H](CO)N1C[C@H](C)[C@H](CN(C)Cc2ccc(-c3ccccc3)cc2)Oc2c(NC(=O)c3cnccn3)cccc2C1=O. The number of carbonyl (C=O) groups is 2. The second-order valence-corrected chi connectivity index (χ2v) is 11.1. The van der Waals surface area contributed by atoms with Crippen molar-refractivity contribution in [3.05, 3.63) is 108 Å². The average Bonchev–Trinajstić information content (AvgIpc) is 3.03. The van der Waals surface area contributed by atoms with Gasteiger partial charge in [0.05, 0.1) is 30.1 Å². The molecule has 222 valence electrons. The fourth-order valence-electron chi connectivity index (χ4n) is 5.28. The minimum absolute atomic E-state index is 0.0715. The number of rotatable bonds is 9. The number of fused-ring (bicyclic) bond motifs is 1. The van der Waals surface area contributed by atoms with Crippen molar-refractivity contribution < 1.29 is 19.4 Å². The number of aromatic nitrogens is 2. The van der Waals surface area contributed by atoms with Gasteiger partial charge in [0, 0.05) is 37.9 Å². The van der Waals surface area contributed by atoms with Crippen molar-refractivity contribution >= 4 is 17.5 Å². The summed E-state index contributed by atoms with van der Waals surface area (Å²) in [7, 11) is 2.04. The number of amides is 2. The molecule has 9 heteroatoms. The topological polar surface area (TPSA) is 108 Å². The van der Waals surface area contributed by atoms with Crippen molar-refractivity contribution in [2.75, 3.05) is 32.1 Å². The molecular formula is C34H37N5O4. The molecule has 0 bridgehead atoms. The van der Waals surface area contributed by atoms with E-state index in [9.17, 15) is 14.7 Å². The van der Waals surface area contributed by atoms with Crippen molar-refractivity contribution in [2.24, 2.45) is 5.92 Å². The van der Waals surface area contributed by atoms with Gasteiger partial charge >= 0.3 is 0 Å². The molecule has 3 aromatic carbocycles. The van der Waals surface area contributed by atoms with Gasteiger partial charge in [-0.15, -0.1) is 0 Å². The Balaban J connectivity index is 1.39. The Morgan fingerprint density at radius 1 is 1.07 bits per heavy atom. The van der Waals surface area contributed by atoms with Gasteiger partial charge in [-0.25, -0.2) is 4.98 Å². The van der Waals surface area contributed by atoms with Gasteiger partial charge in [-0.1, -0.05) is 67.6 Å². The van der Waals surface area contributed by atoms with Gasteiger partial charge in [0.1, 0.15) is 11.8 Å². The summed E-state index contributed by atoms with van der Waals surface area (Å²) in [6, 6.07) is 23.5. The van der Waals surface area contributed by atoms with Crippen molar-refractivity contribution in [1.29, 1.82) is 0 Å². The highest BCUT2D eigenvalue weighted by atomic mass is 16.5. The predicted octanol–water partition coefficient (Wildman–Crippen LogP) is 4.75. The molecule has 5 rings (SSSR count). The predicted molar refractivity (Wildman–Crippen MR) is 166 cm³/mol. The van der Waals surface area contributed by atoms with Crippen molar-refractivity contribution in [3.8, 4) is 16.9 Å². The van der Waals surface area contributed by atoms with E-state index >= 15 is 0 Å². The lowest BCUT2D eigenvalue weighted by Crippen LogP contribution is -2.49. The largest absolute Gasteiger partial charge is 0.486 e. The van der Waals surface area contributed by atoms with Gasteiger partial charge in [-0.05, 0) is 42.8 Å². The number of anilines is 1. The zero-order valence-electron chi connectivity index (χ0n) is 24.7. The lowest BCUT2D eigenvalue weighted by molar-refractivity contribution is 0.0343. The first-order valence-corrected chi connectivity index (χ1v) is 14.5. The summed E-state index contributed by atoms with van der Waals surface area (Å²) in [5, 5.41) is 12.8. The van der Waals surface area contributed by atoms with E-state index in [0.717, 1.165) is 0 Å². The summed E-state index contributed by atoms with van der Waals surface area (Å²) >= 11 is 0. The third-order valence-electron chi connectivity index (χ3n) is 7.74. The number of nitrogens with zero attached hydrogens (tertiary/aromatic N) is 4. The lowest BCUT2D eigenvalue weighted by atomic mass is 9.98. The van der Waals surface area contributed by atoms with E-state index in [1.165, 1.54) is 35.3 Å². The standard InChI is InChI=1S/C34H37N5O4/c1-23-19-39(24(2)22-40)34(42)28-10-7-11-29(37-33(41)30-18-35-16-17-36-30)32(28)43-31(23)21-38(3)20-25-12-14-27(15-13-25)26-8-5-4-6-9-26/h4-18,23-24,31,40H,19-22H2,1-3H3,(H,37,41)/t23-,24+,31-/m0/s1. The number of aliphatic hydroxyl groups is 1. The van der Waals surface area contributed by atoms with Crippen LogP contribution in [-0.2, 0) is 6.54 Å². The van der Waals surface area contributed by atoms with E-state index in [4.69, 9.17) is 4.74 Å². The lowest BCUT2D eigenvalue weighted by Gasteiger charge is -2.38. The maximum absolute atomic E-state index is 13.7. The number of nitrogens with one attached hydrogen (secondary N) is 1. The van der Waals surface area contributed by atoms with Crippen LogP contribution in [0.4, 0.5) is 5.69 Å². The van der Waals surface area contributed by atoms with Crippen molar-refractivity contribution in [1.82, 2.24) is 19.8 Å². The molecule has 2 N–H and O–H groups in total. The molecule has 0 fully saturated rings. The van der Waals surface area contributed by atoms with Crippen LogP contribution in [-0.4, -0.2) is 75.6 Å². The van der Waals surface area contributed by atoms with Crippen LogP contribution in [0.15, 0.2) is 91.4 Å². The molecule has 0 aliphatic carbocycles. The van der Waals surface area contributed by atoms with Crippen LogP contribution in [0.1, 0.15) is 40.3 Å². The van der Waals surface area contributed by atoms with Crippen molar-refractivity contribution in [2.45, 2.75) is 32.5 Å². The number of likely N-dealkylation sites (N-methyl/N-ethyl adjacent to an activating group) is 1. The highest BCUT2D eigenvalue weighted by Crippen LogP contribution is 2.35. The van der Waals surface area contributed by atoms with E-state index in [1.807, 2.05) is 39.1 Å². The second kappa shape index (κ2) is 13.6. The molecule has 1 aliphatic heterocycles. The van der Waals surface area contributed by atoms with Gasteiger partial charge in [-0.3, -0.25) is 19.5 Å². The normalized spacial score (nSPS) is 17.4. The summed E-state index contributed by atoms with van der Waals surface area (Å²) in [6.07, 6.45) is 4.00. The van der Waals surface area contributed by atoms with E-state index in [2.05, 4.69) is 56.6 Å². The zero-order chi connectivity index (χ0) is 30.3. The number of hydrogen-bond donors (Lipinski definition) is 2. The molecule has 0 spiro atoms. The van der Waals surface area contributed by atoms with Crippen LogP contribution < -0.4 is 10.1 Å².